The van der Waals surface area contributed by atoms with Crippen LogP contribution < -0.4 is 10.6 Å². The number of amides is 2. The normalized spacial score (nSPS) is 12.7. The summed E-state index contributed by atoms with van der Waals surface area (Å²) in [5, 5.41) is 4.45. The minimum Gasteiger partial charge on any atom is -0.444 e. The summed E-state index contributed by atoms with van der Waals surface area (Å²) in [6, 6.07) is 0.476. The van der Waals surface area contributed by atoms with Crippen molar-refractivity contribution in [3.05, 3.63) is 29.1 Å². The molecule has 0 unspecified atom stereocenters. The van der Waals surface area contributed by atoms with E-state index in [1.807, 2.05) is 0 Å². The van der Waals surface area contributed by atoms with Gasteiger partial charge in [0.25, 0.3) is 0 Å². The maximum Gasteiger partial charge on any atom is 0.418 e. The molecule has 1 heterocycles. The van der Waals surface area contributed by atoms with Crippen LogP contribution in [-0.2, 0) is 28.4 Å². The summed E-state index contributed by atoms with van der Waals surface area (Å²) in [7, 11) is 0. The molecule has 3 N–H and O–H groups in total. The van der Waals surface area contributed by atoms with Crippen LogP contribution >= 0.6 is 0 Å². The highest BCUT2D eigenvalue weighted by Gasteiger charge is 2.39. The van der Waals surface area contributed by atoms with E-state index in [0.29, 0.717) is 6.07 Å². The van der Waals surface area contributed by atoms with Gasteiger partial charge in [0.15, 0.2) is 0 Å². The molecule has 166 valence electrons. The van der Waals surface area contributed by atoms with Crippen molar-refractivity contribution in [2.75, 3.05) is 6.54 Å². The van der Waals surface area contributed by atoms with Crippen LogP contribution in [0, 0.1) is 0 Å². The molecule has 0 aliphatic heterocycles. The summed E-state index contributed by atoms with van der Waals surface area (Å²) in [6.07, 6.45) is -10.9. The number of imidazole rings is 1. The van der Waals surface area contributed by atoms with E-state index >= 15 is 0 Å². The van der Waals surface area contributed by atoms with E-state index in [1.165, 1.54) is 0 Å². The molecule has 1 aromatic carbocycles. The van der Waals surface area contributed by atoms with Gasteiger partial charge in [-0.1, -0.05) is 0 Å². The molecule has 0 saturated heterocycles. The van der Waals surface area contributed by atoms with E-state index in [0.717, 1.165) is 0 Å². The van der Waals surface area contributed by atoms with Gasteiger partial charge in [-0.3, -0.25) is 4.79 Å². The van der Waals surface area contributed by atoms with Gasteiger partial charge in [-0.15, -0.1) is 0 Å². The van der Waals surface area contributed by atoms with Crippen LogP contribution in [-0.4, -0.2) is 34.1 Å². The molecule has 30 heavy (non-hydrogen) atoms. The van der Waals surface area contributed by atoms with E-state index in [1.54, 1.807) is 20.8 Å². The van der Waals surface area contributed by atoms with Crippen molar-refractivity contribution in [3.8, 4) is 0 Å². The highest BCUT2D eigenvalue weighted by Crippen LogP contribution is 2.39. The number of halogens is 6. The van der Waals surface area contributed by atoms with Crippen molar-refractivity contribution in [2.24, 2.45) is 0 Å². The molecular weight excluding hydrogens is 422 g/mol. The van der Waals surface area contributed by atoms with Crippen molar-refractivity contribution >= 4 is 23.0 Å². The molecule has 0 radical (unpaired) electrons. The van der Waals surface area contributed by atoms with Crippen molar-refractivity contribution in [1.29, 1.82) is 0 Å². The molecule has 0 saturated carbocycles. The molecule has 2 amide bonds. The van der Waals surface area contributed by atoms with E-state index in [4.69, 9.17) is 4.74 Å². The Morgan fingerprint density at radius 2 is 1.67 bits per heavy atom. The molecule has 0 bridgehead atoms. The molecule has 0 aliphatic rings. The SMILES string of the molecule is CC(C)(C)OC(=O)NCC(=O)NCc1nc2cc(C(F)(F)F)cc(C(F)(F)F)c2[nH]1. The topological polar surface area (TPSA) is 96.1 Å². The summed E-state index contributed by atoms with van der Waals surface area (Å²) in [4.78, 5) is 29.2. The third-order valence-corrected chi connectivity index (χ3v) is 3.52. The number of hydrogen-bond acceptors (Lipinski definition) is 4. The lowest BCUT2D eigenvalue weighted by atomic mass is 10.1. The zero-order chi connectivity index (χ0) is 22.9. The van der Waals surface area contributed by atoms with Crippen molar-refractivity contribution in [3.63, 3.8) is 0 Å². The number of nitrogens with zero attached hydrogens (tertiary/aromatic N) is 1. The van der Waals surface area contributed by atoms with Gasteiger partial charge in [0.05, 0.1) is 28.7 Å². The zero-order valence-electron chi connectivity index (χ0n) is 16.0. The first-order chi connectivity index (χ1) is 13.6. The fraction of sp³-hybridized carbons (Fsp3) is 0.471. The molecular formula is C17H18F6N4O3. The maximum absolute atomic E-state index is 13.2. The summed E-state index contributed by atoms with van der Waals surface area (Å²) in [5.41, 5.74) is -4.98. The van der Waals surface area contributed by atoms with Crippen LogP contribution in [0.1, 0.15) is 37.7 Å². The first-order valence-electron chi connectivity index (χ1n) is 8.47. The summed E-state index contributed by atoms with van der Waals surface area (Å²) < 4.78 is 83.1. The number of H-pyrrole nitrogens is 1. The van der Waals surface area contributed by atoms with Gasteiger partial charge < -0.3 is 20.4 Å². The highest BCUT2D eigenvalue weighted by atomic mass is 19.4. The van der Waals surface area contributed by atoms with Crippen molar-refractivity contribution in [2.45, 2.75) is 45.3 Å². The first-order valence-corrected chi connectivity index (χ1v) is 8.47. The second-order valence-corrected chi connectivity index (χ2v) is 7.23. The van der Waals surface area contributed by atoms with Gasteiger partial charge in [0, 0.05) is 0 Å². The number of alkyl carbamates (subject to hydrolysis) is 1. The largest absolute Gasteiger partial charge is 0.444 e. The number of hydrogen-bond donors (Lipinski definition) is 3. The van der Waals surface area contributed by atoms with Gasteiger partial charge in [-0.25, -0.2) is 9.78 Å². The number of benzene rings is 1. The average Bonchev–Trinajstić information content (AvgIpc) is 2.96. The predicted octanol–water partition coefficient (Wildman–Crippen LogP) is 3.74. The van der Waals surface area contributed by atoms with Crippen molar-refractivity contribution in [1.82, 2.24) is 20.6 Å². The number of carbonyl (C=O) groups excluding carboxylic acids is 2. The Balaban J connectivity index is 2.12. The monoisotopic (exact) mass is 440 g/mol. The van der Waals surface area contributed by atoms with Gasteiger partial charge >= 0.3 is 18.4 Å². The number of aromatic amines is 1. The van der Waals surface area contributed by atoms with Crippen LogP contribution in [0.2, 0.25) is 0 Å². The molecule has 0 spiro atoms. The Morgan fingerprint density at radius 3 is 2.20 bits per heavy atom. The predicted molar refractivity (Wildman–Crippen MR) is 92.2 cm³/mol. The number of rotatable bonds is 4. The fourth-order valence-corrected chi connectivity index (χ4v) is 2.35. The van der Waals surface area contributed by atoms with E-state index in [-0.39, 0.29) is 11.9 Å². The molecule has 1 aromatic heterocycles. The third-order valence-electron chi connectivity index (χ3n) is 3.52. The third kappa shape index (κ3) is 6.26. The molecule has 2 rings (SSSR count). The number of alkyl halides is 6. The molecule has 13 heteroatoms. The van der Waals surface area contributed by atoms with Crippen LogP contribution in [0.3, 0.4) is 0 Å². The van der Waals surface area contributed by atoms with Gasteiger partial charge in [0.1, 0.15) is 18.0 Å². The highest BCUT2D eigenvalue weighted by molar-refractivity contribution is 5.83. The average molecular weight is 440 g/mol. The van der Waals surface area contributed by atoms with Gasteiger partial charge in [-0.2, -0.15) is 26.3 Å². The number of ether oxygens (including phenoxy) is 1. The second kappa shape index (κ2) is 8.03. The maximum atomic E-state index is 13.2. The summed E-state index contributed by atoms with van der Waals surface area (Å²) in [6.45, 7) is 3.97. The molecule has 0 aliphatic carbocycles. The lowest BCUT2D eigenvalue weighted by Crippen LogP contribution is -2.39. The lowest BCUT2D eigenvalue weighted by Gasteiger charge is -2.19. The minimum absolute atomic E-state index is 0.00632. The second-order valence-electron chi connectivity index (χ2n) is 7.23. The Bertz CT molecular complexity index is 944. The minimum atomic E-state index is -5.05. The van der Waals surface area contributed by atoms with Gasteiger partial charge in [0.2, 0.25) is 5.91 Å². The van der Waals surface area contributed by atoms with Crippen LogP contribution in [0.15, 0.2) is 12.1 Å². The van der Waals surface area contributed by atoms with E-state index < -0.39 is 65.2 Å². The Hall–Kier alpha value is -2.99. The zero-order valence-corrected chi connectivity index (χ0v) is 16.0. The lowest BCUT2D eigenvalue weighted by molar-refractivity contribution is -0.142. The van der Waals surface area contributed by atoms with Crippen LogP contribution in [0.4, 0.5) is 31.1 Å². The Kier molecular flexibility index (Phi) is 6.23. The Labute approximate surface area is 166 Å². The molecule has 0 fully saturated rings. The number of nitrogens with one attached hydrogen (secondary N) is 3. The number of carbonyl (C=O) groups is 2. The first kappa shape index (κ1) is 23.3. The van der Waals surface area contributed by atoms with Gasteiger partial charge in [-0.05, 0) is 32.9 Å². The van der Waals surface area contributed by atoms with Crippen LogP contribution in [0.5, 0.6) is 0 Å². The fourth-order valence-electron chi connectivity index (χ4n) is 2.35. The van der Waals surface area contributed by atoms with Crippen LogP contribution in [0.25, 0.3) is 11.0 Å². The summed E-state index contributed by atoms with van der Waals surface area (Å²) >= 11 is 0. The molecule has 7 nitrogen and oxygen atoms in total. The quantitative estimate of drug-likeness (QED) is 0.632. The van der Waals surface area contributed by atoms with E-state index in [2.05, 4.69) is 20.6 Å². The Morgan fingerprint density at radius 1 is 1.03 bits per heavy atom. The molecule has 0 atom stereocenters. The summed E-state index contributed by atoms with van der Waals surface area (Å²) in [5.74, 6) is -0.909. The van der Waals surface area contributed by atoms with Crippen molar-refractivity contribution < 1.29 is 40.7 Å². The smallest absolute Gasteiger partial charge is 0.418 e. The molecule has 2 aromatic rings. The number of aromatic nitrogens is 2. The van der Waals surface area contributed by atoms with E-state index in [9.17, 15) is 35.9 Å². The number of fused-ring (bicyclic) bond motifs is 1. The standard InChI is InChI=1S/C17H18F6N4O3/c1-15(2,3)30-14(29)25-7-12(28)24-6-11-26-10-5-8(16(18,19)20)4-9(13(10)27-11)17(21,22)23/h4-5H,6-7H2,1-3H3,(H,24,28)(H,25,29)(H,26,27).